The monoisotopic (exact) mass is 73.1 g/mol. The maximum atomic E-state index is 7.00. The van der Waals surface area contributed by atoms with Crippen LogP contribution in [0.25, 0.3) is 0 Å². The molecule has 0 saturated heterocycles. The summed E-state index contributed by atoms with van der Waals surface area (Å²) in [6.45, 7) is 4.00. The minimum absolute atomic E-state index is 1.00. The first kappa shape index (κ1) is 8.90. The van der Waals surface area contributed by atoms with Crippen molar-refractivity contribution in [1.29, 1.82) is 0 Å². The quantitative estimate of drug-likeness (QED) is 0.411. The van der Waals surface area contributed by atoms with Gasteiger partial charge in [-0.15, -0.1) is 0 Å². The van der Waals surface area contributed by atoms with E-state index in [1.165, 1.54) is 0 Å². The Labute approximate surface area is 34.3 Å². The van der Waals surface area contributed by atoms with Crippen LogP contribution in [0.1, 0.15) is 0 Å². The van der Waals surface area contributed by atoms with E-state index in [0.29, 0.717) is 0 Å². The molecule has 1 N–H and O–H groups in total. The van der Waals surface area contributed by atoms with E-state index in [4.69, 9.17) is 5.11 Å². The molecular weight excluding hydrogens is 62.8 g/mol. The highest BCUT2D eigenvalue weighted by Gasteiger charge is 1.42. The van der Waals surface area contributed by atoms with Gasteiger partial charge in [-0.1, -0.05) is 13.6 Å². The fraction of sp³-hybridized carbons (Fsp3) is 1.00. The molecule has 0 spiro atoms. The van der Waals surface area contributed by atoms with Gasteiger partial charge in [0.05, 0.1) is 0 Å². The SMILES string of the molecule is CO.C[B]C. The summed E-state index contributed by atoms with van der Waals surface area (Å²) in [5.41, 5.74) is 0. The molecule has 5 heavy (non-hydrogen) atoms. The van der Waals surface area contributed by atoms with Gasteiger partial charge in [-0.3, -0.25) is 0 Å². The Balaban J connectivity index is 0. The Kier molecular flexibility index (Phi) is 62.4. The highest BCUT2D eigenvalue weighted by atomic mass is 16.2. The van der Waals surface area contributed by atoms with E-state index in [-0.39, 0.29) is 0 Å². The number of aliphatic hydroxyl groups is 1. The van der Waals surface area contributed by atoms with Crippen LogP contribution in [-0.2, 0) is 0 Å². The van der Waals surface area contributed by atoms with Crippen molar-refractivity contribution in [2.24, 2.45) is 0 Å². The van der Waals surface area contributed by atoms with Gasteiger partial charge in [0.2, 0.25) is 0 Å². The Morgan fingerprint density at radius 2 is 1.20 bits per heavy atom. The van der Waals surface area contributed by atoms with Crippen molar-refractivity contribution in [3.8, 4) is 0 Å². The molecule has 0 fully saturated rings. The Hall–Kier alpha value is 0.0249. The topological polar surface area (TPSA) is 20.2 Å². The third-order valence-corrected chi connectivity index (χ3v) is 0. The van der Waals surface area contributed by atoms with Gasteiger partial charge >= 0.3 is 0 Å². The highest BCUT2D eigenvalue weighted by Crippen LogP contribution is 1.36. The lowest BCUT2D eigenvalue weighted by Crippen LogP contribution is -1.53. The summed E-state index contributed by atoms with van der Waals surface area (Å²) < 4.78 is 0. The zero-order valence-corrected chi connectivity index (χ0v) is 4.02. The second-order valence-electron chi connectivity index (χ2n) is 0.577. The molecule has 0 aromatic heterocycles. The van der Waals surface area contributed by atoms with Crippen LogP contribution < -0.4 is 0 Å². The van der Waals surface area contributed by atoms with Crippen LogP contribution in [0.2, 0.25) is 13.6 Å². The van der Waals surface area contributed by atoms with E-state index in [1.807, 2.05) is 20.9 Å². The van der Waals surface area contributed by atoms with Crippen molar-refractivity contribution in [2.75, 3.05) is 7.11 Å². The summed E-state index contributed by atoms with van der Waals surface area (Å²) in [7, 11) is 3.00. The fourth-order valence-electron chi connectivity index (χ4n) is 0. The van der Waals surface area contributed by atoms with E-state index >= 15 is 0 Å². The molecular formula is C3H10BO. The minimum atomic E-state index is 1.00. The summed E-state index contributed by atoms with van der Waals surface area (Å²) in [5, 5.41) is 7.00. The Morgan fingerprint density at radius 1 is 1.20 bits per heavy atom. The van der Waals surface area contributed by atoms with Crippen LogP contribution in [0.4, 0.5) is 0 Å². The van der Waals surface area contributed by atoms with Crippen molar-refractivity contribution in [3.05, 3.63) is 0 Å². The van der Waals surface area contributed by atoms with Crippen molar-refractivity contribution >= 4 is 7.28 Å². The molecule has 1 radical (unpaired) electrons. The third kappa shape index (κ3) is 26500. The molecule has 2 heteroatoms. The molecule has 0 saturated carbocycles. The van der Waals surface area contributed by atoms with Crippen molar-refractivity contribution < 1.29 is 5.11 Å². The van der Waals surface area contributed by atoms with Crippen LogP contribution >= 0.6 is 0 Å². The summed E-state index contributed by atoms with van der Waals surface area (Å²) in [6.07, 6.45) is 0. The van der Waals surface area contributed by atoms with Gasteiger partial charge in [0.1, 0.15) is 7.28 Å². The maximum absolute atomic E-state index is 7.00. The van der Waals surface area contributed by atoms with E-state index < -0.39 is 0 Å². The van der Waals surface area contributed by atoms with Gasteiger partial charge in [-0.05, 0) is 0 Å². The fourth-order valence-corrected chi connectivity index (χ4v) is 0. The van der Waals surface area contributed by atoms with Crippen molar-refractivity contribution in [2.45, 2.75) is 13.6 Å². The summed E-state index contributed by atoms with van der Waals surface area (Å²) in [5.74, 6) is 0. The molecule has 0 amide bonds. The van der Waals surface area contributed by atoms with Crippen LogP contribution in [0.5, 0.6) is 0 Å². The van der Waals surface area contributed by atoms with Crippen molar-refractivity contribution in [1.82, 2.24) is 0 Å². The Bertz CT molecular complexity index is 6.85. The normalized spacial score (nSPS) is 4.00. The van der Waals surface area contributed by atoms with E-state index in [9.17, 15) is 0 Å². The van der Waals surface area contributed by atoms with Gasteiger partial charge < -0.3 is 5.11 Å². The molecule has 1 nitrogen and oxygen atoms in total. The first-order valence-corrected chi connectivity index (χ1v) is 1.60. The van der Waals surface area contributed by atoms with E-state index in [2.05, 4.69) is 0 Å². The molecule has 0 aliphatic rings. The molecule has 0 heterocycles. The average Bonchev–Trinajstić information content (AvgIpc) is 1.46. The third-order valence-electron chi connectivity index (χ3n) is 0. The lowest BCUT2D eigenvalue weighted by atomic mass is 9.88. The van der Waals surface area contributed by atoms with Gasteiger partial charge in [-0.25, -0.2) is 0 Å². The lowest BCUT2D eigenvalue weighted by molar-refractivity contribution is 0.399. The molecule has 0 aromatic rings. The maximum Gasteiger partial charge on any atom is 0.102 e. The van der Waals surface area contributed by atoms with Gasteiger partial charge in [0.25, 0.3) is 0 Å². The van der Waals surface area contributed by atoms with Gasteiger partial charge in [0, 0.05) is 7.11 Å². The van der Waals surface area contributed by atoms with Crippen LogP contribution in [0, 0.1) is 0 Å². The molecule has 0 unspecified atom stereocenters. The molecule has 0 rings (SSSR count). The molecule has 0 bridgehead atoms. The molecule has 0 aliphatic heterocycles. The predicted molar refractivity (Wildman–Crippen MR) is 25.6 cm³/mol. The second-order valence-corrected chi connectivity index (χ2v) is 0.577. The zero-order chi connectivity index (χ0) is 4.71. The van der Waals surface area contributed by atoms with Crippen LogP contribution in [0.15, 0.2) is 0 Å². The summed E-state index contributed by atoms with van der Waals surface area (Å²) in [4.78, 5) is 0. The molecule has 0 aliphatic carbocycles. The predicted octanol–water partition coefficient (Wildman–Crippen LogP) is 0.395. The minimum Gasteiger partial charge on any atom is -0.400 e. The van der Waals surface area contributed by atoms with E-state index in [0.717, 1.165) is 7.11 Å². The number of aliphatic hydroxyl groups excluding tert-OH is 1. The Morgan fingerprint density at radius 3 is 1.20 bits per heavy atom. The zero-order valence-electron chi connectivity index (χ0n) is 4.02. The highest BCUT2D eigenvalue weighted by molar-refractivity contribution is 6.31. The van der Waals surface area contributed by atoms with Crippen LogP contribution in [-0.4, -0.2) is 19.5 Å². The standard InChI is InChI=1S/C2H6B.CH4O/c1-3-2;1-2/h1-2H3;2H,1H3. The largest absolute Gasteiger partial charge is 0.400 e. The summed E-state index contributed by atoms with van der Waals surface area (Å²) >= 11 is 0. The lowest BCUT2D eigenvalue weighted by Gasteiger charge is -1.41. The molecule has 0 atom stereocenters. The molecule has 31 valence electrons. The molecule has 0 aromatic carbocycles. The van der Waals surface area contributed by atoms with Crippen LogP contribution in [0.3, 0.4) is 0 Å². The number of hydrogen-bond donors (Lipinski definition) is 1. The first-order valence-electron chi connectivity index (χ1n) is 1.60. The smallest absolute Gasteiger partial charge is 0.102 e. The average molecular weight is 72.9 g/mol. The first-order chi connectivity index (χ1) is 2.41. The summed E-state index contributed by atoms with van der Waals surface area (Å²) in [6, 6.07) is 0. The van der Waals surface area contributed by atoms with Gasteiger partial charge in [-0.2, -0.15) is 0 Å². The second kappa shape index (κ2) is 35.1. The number of hydrogen-bond acceptors (Lipinski definition) is 1. The van der Waals surface area contributed by atoms with E-state index in [1.54, 1.807) is 0 Å². The number of rotatable bonds is 0. The van der Waals surface area contributed by atoms with Gasteiger partial charge in [0.15, 0.2) is 0 Å². The van der Waals surface area contributed by atoms with Crippen molar-refractivity contribution in [3.63, 3.8) is 0 Å².